The van der Waals surface area contributed by atoms with E-state index < -0.39 is 6.04 Å². The van der Waals surface area contributed by atoms with E-state index in [0.29, 0.717) is 5.69 Å². The molecule has 1 aliphatic heterocycles. The highest BCUT2D eigenvalue weighted by Crippen LogP contribution is 2.22. The molecule has 1 fully saturated rings. The van der Waals surface area contributed by atoms with Crippen molar-refractivity contribution in [1.29, 1.82) is 0 Å². The van der Waals surface area contributed by atoms with E-state index in [9.17, 15) is 14.4 Å². The molecule has 20 heavy (non-hydrogen) atoms. The molecular formula is C14H17N3O3. The van der Waals surface area contributed by atoms with Crippen LogP contribution in [0.15, 0.2) is 30.3 Å². The van der Waals surface area contributed by atoms with E-state index in [-0.39, 0.29) is 30.7 Å². The van der Waals surface area contributed by atoms with Gasteiger partial charge in [0.2, 0.25) is 11.8 Å². The number of anilines is 1. The number of likely N-dealkylation sites (N-methyl/N-ethyl adjacent to an activating group) is 1. The lowest BCUT2D eigenvalue weighted by atomic mass is 10.2. The maximum absolute atomic E-state index is 12.2. The molecule has 1 N–H and O–H groups in total. The molecule has 1 aromatic carbocycles. The summed E-state index contributed by atoms with van der Waals surface area (Å²) in [5, 5.41) is 2.84. The van der Waals surface area contributed by atoms with E-state index in [4.69, 9.17) is 0 Å². The number of benzene rings is 1. The van der Waals surface area contributed by atoms with Crippen molar-refractivity contribution >= 4 is 23.4 Å². The van der Waals surface area contributed by atoms with Crippen molar-refractivity contribution in [2.75, 3.05) is 25.5 Å². The molecule has 0 radical (unpaired) electrons. The van der Waals surface area contributed by atoms with Crippen LogP contribution in [-0.4, -0.2) is 49.3 Å². The molecule has 0 bridgehead atoms. The topological polar surface area (TPSA) is 69.7 Å². The highest BCUT2D eigenvalue weighted by atomic mass is 16.2. The number of para-hydroxylation sites is 1. The second-order valence-electron chi connectivity index (χ2n) is 4.83. The zero-order valence-corrected chi connectivity index (χ0v) is 11.5. The van der Waals surface area contributed by atoms with Gasteiger partial charge in [-0.15, -0.1) is 0 Å². The van der Waals surface area contributed by atoms with E-state index in [1.54, 1.807) is 38.4 Å². The minimum Gasteiger partial charge on any atom is -0.348 e. The summed E-state index contributed by atoms with van der Waals surface area (Å²) < 4.78 is 0. The standard InChI is InChI=1S/C14H17N3O3/c1-16(2)13(19)9-15-11-8-12(18)17(14(11)20)10-6-4-3-5-7-10/h3-7,11,15H,8-9H2,1-2H3. The van der Waals surface area contributed by atoms with Crippen LogP contribution in [0.3, 0.4) is 0 Å². The van der Waals surface area contributed by atoms with Gasteiger partial charge in [0.05, 0.1) is 24.7 Å². The minimum absolute atomic E-state index is 0.0410. The summed E-state index contributed by atoms with van der Waals surface area (Å²) in [6.45, 7) is 0.0410. The largest absolute Gasteiger partial charge is 0.348 e. The van der Waals surface area contributed by atoms with Crippen LogP contribution < -0.4 is 10.2 Å². The first-order valence-corrected chi connectivity index (χ1v) is 6.36. The molecule has 1 saturated heterocycles. The van der Waals surface area contributed by atoms with Gasteiger partial charge in [0.15, 0.2) is 0 Å². The lowest BCUT2D eigenvalue weighted by molar-refractivity contribution is -0.128. The van der Waals surface area contributed by atoms with E-state index >= 15 is 0 Å². The van der Waals surface area contributed by atoms with E-state index in [1.165, 1.54) is 4.90 Å². The molecular weight excluding hydrogens is 258 g/mol. The van der Waals surface area contributed by atoms with Crippen LogP contribution in [0.2, 0.25) is 0 Å². The van der Waals surface area contributed by atoms with Crippen molar-refractivity contribution in [3.8, 4) is 0 Å². The van der Waals surface area contributed by atoms with Crippen LogP contribution in [0.1, 0.15) is 6.42 Å². The van der Waals surface area contributed by atoms with Gasteiger partial charge in [0, 0.05) is 14.1 Å². The van der Waals surface area contributed by atoms with Gasteiger partial charge in [-0.1, -0.05) is 18.2 Å². The normalized spacial score (nSPS) is 18.5. The molecule has 6 nitrogen and oxygen atoms in total. The minimum atomic E-state index is -0.633. The Morgan fingerprint density at radius 3 is 2.55 bits per heavy atom. The SMILES string of the molecule is CN(C)C(=O)CNC1CC(=O)N(c2ccccc2)C1=O. The molecule has 0 spiro atoms. The maximum Gasteiger partial charge on any atom is 0.251 e. The summed E-state index contributed by atoms with van der Waals surface area (Å²) in [5.41, 5.74) is 0.561. The van der Waals surface area contributed by atoms with Gasteiger partial charge in [-0.25, -0.2) is 4.90 Å². The molecule has 1 atom stereocenters. The second kappa shape index (κ2) is 5.83. The van der Waals surface area contributed by atoms with Gasteiger partial charge in [-0.2, -0.15) is 0 Å². The molecule has 1 aromatic rings. The number of nitrogens with one attached hydrogen (secondary N) is 1. The molecule has 1 aliphatic rings. The Hall–Kier alpha value is -2.21. The number of hydrogen-bond donors (Lipinski definition) is 1. The lowest BCUT2D eigenvalue weighted by Crippen LogP contribution is -2.43. The van der Waals surface area contributed by atoms with Crippen LogP contribution in [0, 0.1) is 0 Å². The maximum atomic E-state index is 12.2. The monoisotopic (exact) mass is 275 g/mol. The number of carbonyl (C=O) groups excluding carboxylic acids is 3. The van der Waals surface area contributed by atoms with Gasteiger partial charge in [0.1, 0.15) is 0 Å². The fraction of sp³-hybridized carbons (Fsp3) is 0.357. The summed E-state index contributed by atoms with van der Waals surface area (Å²) >= 11 is 0. The fourth-order valence-electron chi connectivity index (χ4n) is 2.01. The van der Waals surface area contributed by atoms with Crippen LogP contribution in [0.25, 0.3) is 0 Å². The number of amides is 3. The van der Waals surface area contributed by atoms with Crippen molar-refractivity contribution in [3.05, 3.63) is 30.3 Å². The molecule has 3 amide bonds. The molecule has 1 unspecified atom stereocenters. The van der Waals surface area contributed by atoms with Gasteiger partial charge in [-0.05, 0) is 12.1 Å². The van der Waals surface area contributed by atoms with Crippen molar-refractivity contribution in [2.24, 2.45) is 0 Å². The van der Waals surface area contributed by atoms with Crippen LogP contribution in [0.4, 0.5) is 5.69 Å². The first-order chi connectivity index (χ1) is 9.50. The van der Waals surface area contributed by atoms with Gasteiger partial charge >= 0.3 is 0 Å². The second-order valence-corrected chi connectivity index (χ2v) is 4.83. The van der Waals surface area contributed by atoms with Gasteiger partial charge in [0.25, 0.3) is 5.91 Å². The first kappa shape index (κ1) is 14.2. The zero-order chi connectivity index (χ0) is 14.7. The Labute approximate surface area is 117 Å². The smallest absolute Gasteiger partial charge is 0.251 e. The molecule has 0 aromatic heterocycles. The van der Waals surface area contributed by atoms with Crippen LogP contribution >= 0.6 is 0 Å². The molecule has 0 aliphatic carbocycles. The number of rotatable bonds is 4. The Balaban J connectivity index is 2.04. The molecule has 6 heteroatoms. The molecule has 106 valence electrons. The number of carbonyl (C=O) groups is 3. The van der Waals surface area contributed by atoms with Crippen molar-refractivity contribution < 1.29 is 14.4 Å². The summed E-state index contributed by atoms with van der Waals surface area (Å²) in [6, 6.07) is 8.15. The fourth-order valence-corrected chi connectivity index (χ4v) is 2.01. The highest BCUT2D eigenvalue weighted by Gasteiger charge is 2.39. The average Bonchev–Trinajstić information content (AvgIpc) is 2.71. The Kier molecular flexibility index (Phi) is 4.14. The number of nitrogens with zero attached hydrogens (tertiary/aromatic N) is 2. The van der Waals surface area contributed by atoms with E-state index in [0.717, 1.165) is 4.90 Å². The lowest BCUT2D eigenvalue weighted by Gasteiger charge is -2.16. The average molecular weight is 275 g/mol. The Bertz CT molecular complexity index is 528. The quantitative estimate of drug-likeness (QED) is 0.785. The van der Waals surface area contributed by atoms with Crippen molar-refractivity contribution in [1.82, 2.24) is 10.2 Å². The third-order valence-electron chi connectivity index (χ3n) is 3.16. The predicted molar refractivity (Wildman–Crippen MR) is 74.0 cm³/mol. The van der Waals surface area contributed by atoms with Crippen molar-refractivity contribution in [3.63, 3.8) is 0 Å². The zero-order valence-electron chi connectivity index (χ0n) is 11.5. The molecule has 2 rings (SSSR count). The van der Waals surface area contributed by atoms with Crippen molar-refractivity contribution in [2.45, 2.75) is 12.5 Å². The summed E-state index contributed by atoms with van der Waals surface area (Å²) in [5.74, 6) is -0.702. The highest BCUT2D eigenvalue weighted by molar-refractivity contribution is 6.22. The van der Waals surface area contributed by atoms with Crippen LogP contribution in [0.5, 0.6) is 0 Å². The number of hydrogen-bond acceptors (Lipinski definition) is 4. The van der Waals surface area contributed by atoms with E-state index in [1.807, 2.05) is 6.07 Å². The van der Waals surface area contributed by atoms with Gasteiger partial charge < -0.3 is 4.90 Å². The Morgan fingerprint density at radius 1 is 1.30 bits per heavy atom. The summed E-state index contributed by atoms with van der Waals surface area (Å²) in [4.78, 5) is 38.3. The summed E-state index contributed by atoms with van der Waals surface area (Å²) in [7, 11) is 3.28. The summed E-state index contributed by atoms with van der Waals surface area (Å²) in [6.07, 6.45) is 0.0778. The number of imide groups is 1. The van der Waals surface area contributed by atoms with Gasteiger partial charge in [-0.3, -0.25) is 19.7 Å². The Morgan fingerprint density at radius 2 is 1.95 bits per heavy atom. The third kappa shape index (κ3) is 2.85. The van der Waals surface area contributed by atoms with Crippen LogP contribution in [-0.2, 0) is 14.4 Å². The molecule has 1 heterocycles. The third-order valence-corrected chi connectivity index (χ3v) is 3.16. The first-order valence-electron chi connectivity index (χ1n) is 6.36. The van der Waals surface area contributed by atoms with E-state index in [2.05, 4.69) is 5.32 Å². The predicted octanol–water partition coefficient (Wildman–Crippen LogP) is -0.00370. The molecule has 0 saturated carbocycles.